The van der Waals surface area contributed by atoms with E-state index in [0.29, 0.717) is 22.9 Å². The van der Waals surface area contributed by atoms with Crippen LogP contribution in [0.5, 0.6) is 0 Å². The molecule has 0 unspecified atom stereocenters. The van der Waals surface area contributed by atoms with E-state index in [1.165, 1.54) is 0 Å². The van der Waals surface area contributed by atoms with Gasteiger partial charge in [-0.1, -0.05) is 0 Å². The Balaban J connectivity index is 2.24. The molecule has 2 aromatic rings. The standard InChI is InChI=1S/C17H19N3O/c1-11(2)20-12(3)9-16(13(20)4)17(21)19-15-7-5-14(10-18)6-8-15/h5-9,11H,1-4H3,(H,19,21). The zero-order valence-electron chi connectivity index (χ0n) is 12.8. The lowest BCUT2D eigenvalue weighted by atomic mass is 10.2. The summed E-state index contributed by atoms with van der Waals surface area (Å²) in [5.74, 6) is -0.125. The van der Waals surface area contributed by atoms with Crippen LogP contribution in [0.4, 0.5) is 5.69 Å². The minimum Gasteiger partial charge on any atom is -0.346 e. The molecule has 0 spiro atoms. The van der Waals surface area contributed by atoms with Gasteiger partial charge in [-0.25, -0.2) is 0 Å². The molecule has 21 heavy (non-hydrogen) atoms. The molecule has 0 aliphatic carbocycles. The summed E-state index contributed by atoms with van der Waals surface area (Å²) in [5, 5.41) is 11.6. The fourth-order valence-electron chi connectivity index (χ4n) is 2.63. The minimum absolute atomic E-state index is 0.125. The number of anilines is 1. The summed E-state index contributed by atoms with van der Waals surface area (Å²) < 4.78 is 2.15. The predicted octanol–water partition coefficient (Wildman–Crippen LogP) is 3.81. The number of benzene rings is 1. The molecule has 0 aliphatic heterocycles. The Bertz CT molecular complexity index is 703. The lowest BCUT2D eigenvalue weighted by Gasteiger charge is -2.13. The van der Waals surface area contributed by atoms with E-state index < -0.39 is 0 Å². The number of rotatable bonds is 3. The molecule has 0 radical (unpaired) electrons. The van der Waals surface area contributed by atoms with E-state index in [0.717, 1.165) is 11.4 Å². The number of hydrogen-bond donors (Lipinski definition) is 1. The first-order valence-corrected chi connectivity index (χ1v) is 6.94. The molecule has 1 aromatic carbocycles. The third-order valence-electron chi connectivity index (χ3n) is 3.52. The van der Waals surface area contributed by atoms with Crippen molar-refractivity contribution in [1.29, 1.82) is 5.26 Å². The average Bonchev–Trinajstić information content (AvgIpc) is 2.75. The summed E-state index contributed by atoms with van der Waals surface area (Å²) in [6, 6.07) is 11.1. The first-order chi connectivity index (χ1) is 9.93. The lowest BCUT2D eigenvalue weighted by Crippen LogP contribution is -2.13. The van der Waals surface area contributed by atoms with Crippen molar-refractivity contribution >= 4 is 11.6 Å². The van der Waals surface area contributed by atoms with Crippen molar-refractivity contribution in [2.75, 3.05) is 5.32 Å². The zero-order chi connectivity index (χ0) is 15.6. The fourth-order valence-corrected chi connectivity index (χ4v) is 2.63. The maximum absolute atomic E-state index is 12.4. The first-order valence-electron chi connectivity index (χ1n) is 6.94. The Kier molecular flexibility index (Phi) is 4.13. The van der Waals surface area contributed by atoms with Crippen LogP contribution in [-0.4, -0.2) is 10.5 Å². The van der Waals surface area contributed by atoms with E-state index in [-0.39, 0.29) is 5.91 Å². The van der Waals surface area contributed by atoms with Crippen LogP contribution < -0.4 is 5.32 Å². The summed E-state index contributed by atoms with van der Waals surface area (Å²) in [6.45, 7) is 8.16. The van der Waals surface area contributed by atoms with Gasteiger partial charge in [-0.05, 0) is 58.0 Å². The van der Waals surface area contributed by atoms with Crippen molar-refractivity contribution in [3.05, 3.63) is 52.8 Å². The van der Waals surface area contributed by atoms with Gasteiger partial charge in [0.2, 0.25) is 0 Å². The van der Waals surface area contributed by atoms with Crippen LogP contribution in [-0.2, 0) is 0 Å². The van der Waals surface area contributed by atoms with Crippen LogP contribution in [0, 0.1) is 25.2 Å². The van der Waals surface area contributed by atoms with Crippen LogP contribution in [0.2, 0.25) is 0 Å². The molecule has 0 saturated carbocycles. The predicted molar refractivity (Wildman–Crippen MR) is 83.4 cm³/mol. The smallest absolute Gasteiger partial charge is 0.257 e. The third kappa shape index (κ3) is 2.97. The Morgan fingerprint density at radius 3 is 2.33 bits per heavy atom. The Labute approximate surface area is 125 Å². The number of amides is 1. The fraction of sp³-hybridized carbons (Fsp3) is 0.294. The number of nitrogens with one attached hydrogen (secondary N) is 1. The molecule has 0 atom stereocenters. The molecule has 2 rings (SSSR count). The maximum Gasteiger partial charge on any atom is 0.257 e. The molecule has 1 amide bonds. The quantitative estimate of drug-likeness (QED) is 0.930. The van der Waals surface area contributed by atoms with Crippen LogP contribution in [0.15, 0.2) is 30.3 Å². The topological polar surface area (TPSA) is 57.8 Å². The van der Waals surface area contributed by atoms with Gasteiger partial charge in [0.25, 0.3) is 5.91 Å². The van der Waals surface area contributed by atoms with Crippen LogP contribution in [0.3, 0.4) is 0 Å². The zero-order valence-corrected chi connectivity index (χ0v) is 12.8. The number of aromatic nitrogens is 1. The Morgan fingerprint density at radius 1 is 1.24 bits per heavy atom. The third-order valence-corrected chi connectivity index (χ3v) is 3.52. The first kappa shape index (κ1) is 14.9. The normalized spacial score (nSPS) is 10.5. The maximum atomic E-state index is 12.4. The highest BCUT2D eigenvalue weighted by atomic mass is 16.1. The summed E-state index contributed by atoms with van der Waals surface area (Å²) in [7, 11) is 0. The largest absolute Gasteiger partial charge is 0.346 e. The molecule has 4 nitrogen and oxygen atoms in total. The molecular formula is C17H19N3O. The van der Waals surface area contributed by atoms with Gasteiger partial charge in [0.1, 0.15) is 0 Å². The summed E-state index contributed by atoms with van der Waals surface area (Å²) >= 11 is 0. The van der Waals surface area contributed by atoms with E-state index in [9.17, 15) is 4.79 Å². The lowest BCUT2D eigenvalue weighted by molar-refractivity contribution is 0.102. The summed E-state index contributed by atoms with van der Waals surface area (Å²) in [5.41, 5.74) is 3.99. The molecule has 1 aromatic heterocycles. The van der Waals surface area contributed by atoms with Crippen molar-refractivity contribution < 1.29 is 4.79 Å². The molecule has 4 heteroatoms. The van der Waals surface area contributed by atoms with Gasteiger partial charge in [-0.15, -0.1) is 0 Å². The van der Waals surface area contributed by atoms with E-state index >= 15 is 0 Å². The highest BCUT2D eigenvalue weighted by Crippen LogP contribution is 2.21. The molecule has 108 valence electrons. The van der Waals surface area contributed by atoms with Gasteiger partial charge in [-0.3, -0.25) is 4.79 Å². The highest BCUT2D eigenvalue weighted by molar-refractivity contribution is 6.05. The van der Waals surface area contributed by atoms with Crippen molar-refractivity contribution in [2.24, 2.45) is 0 Å². The second-order valence-electron chi connectivity index (χ2n) is 5.39. The monoisotopic (exact) mass is 281 g/mol. The van der Waals surface area contributed by atoms with Gasteiger partial charge < -0.3 is 9.88 Å². The van der Waals surface area contributed by atoms with Gasteiger partial charge in [0.05, 0.1) is 17.2 Å². The second kappa shape index (κ2) is 5.84. The van der Waals surface area contributed by atoms with E-state index in [1.54, 1.807) is 24.3 Å². The SMILES string of the molecule is Cc1cc(C(=O)Nc2ccc(C#N)cc2)c(C)n1C(C)C. The number of hydrogen-bond acceptors (Lipinski definition) is 2. The molecule has 1 heterocycles. The Morgan fingerprint density at radius 2 is 1.86 bits per heavy atom. The number of carbonyl (C=O) groups excluding carboxylic acids is 1. The number of nitrogens with zero attached hydrogens (tertiary/aromatic N) is 2. The summed E-state index contributed by atoms with van der Waals surface area (Å²) in [4.78, 5) is 12.4. The van der Waals surface area contributed by atoms with Gasteiger partial charge in [-0.2, -0.15) is 5.26 Å². The number of aryl methyl sites for hydroxylation is 1. The van der Waals surface area contributed by atoms with Gasteiger partial charge in [0.15, 0.2) is 0 Å². The Hall–Kier alpha value is -2.54. The molecule has 0 aliphatic rings. The number of carbonyl (C=O) groups is 1. The van der Waals surface area contributed by atoms with Crippen LogP contribution >= 0.6 is 0 Å². The summed E-state index contributed by atoms with van der Waals surface area (Å²) in [6.07, 6.45) is 0. The molecule has 0 fully saturated rings. The molecular weight excluding hydrogens is 262 g/mol. The molecule has 0 bridgehead atoms. The van der Waals surface area contributed by atoms with E-state index in [1.807, 2.05) is 19.9 Å². The van der Waals surface area contributed by atoms with E-state index in [2.05, 4.69) is 29.8 Å². The molecule has 0 saturated heterocycles. The van der Waals surface area contributed by atoms with Crippen LogP contribution in [0.25, 0.3) is 0 Å². The van der Waals surface area contributed by atoms with Crippen molar-refractivity contribution in [2.45, 2.75) is 33.7 Å². The second-order valence-corrected chi connectivity index (χ2v) is 5.39. The van der Waals surface area contributed by atoms with Crippen molar-refractivity contribution in [3.63, 3.8) is 0 Å². The average molecular weight is 281 g/mol. The van der Waals surface area contributed by atoms with Gasteiger partial charge >= 0.3 is 0 Å². The van der Waals surface area contributed by atoms with E-state index in [4.69, 9.17) is 5.26 Å². The van der Waals surface area contributed by atoms with Crippen LogP contribution in [0.1, 0.15) is 47.2 Å². The van der Waals surface area contributed by atoms with Gasteiger partial charge in [0, 0.05) is 23.1 Å². The van der Waals surface area contributed by atoms with Crippen molar-refractivity contribution in [3.8, 4) is 6.07 Å². The number of nitriles is 1. The molecule has 1 N–H and O–H groups in total. The minimum atomic E-state index is -0.125. The van der Waals surface area contributed by atoms with Crippen molar-refractivity contribution in [1.82, 2.24) is 4.57 Å². The highest BCUT2D eigenvalue weighted by Gasteiger charge is 2.17.